The first-order chi connectivity index (χ1) is 12.3. The molecule has 2 aliphatic rings. The summed E-state index contributed by atoms with van der Waals surface area (Å²) >= 11 is 0. The van der Waals surface area contributed by atoms with Crippen LogP contribution in [0.25, 0.3) is 0 Å². The molecule has 1 fully saturated rings. The third-order valence-electron chi connectivity index (χ3n) is 5.19. The van der Waals surface area contributed by atoms with Crippen molar-refractivity contribution < 1.29 is 14.2 Å². The van der Waals surface area contributed by atoms with E-state index in [1.165, 1.54) is 18.4 Å². The first-order valence-electron chi connectivity index (χ1n) is 8.93. The van der Waals surface area contributed by atoms with Crippen molar-refractivity contribution in [2.24, 2.45) is 0 Å². The molecule has 2 heterocycles. The van der Waals surface area contributed by atoms with Crippen LogP contribution in [0.4, 0.5) is 0 Å². The summed E-state index contributed by atoms with van der Waals surface area (Å²) in [5.41, 5.74) is 2.28. The van der Waals surface area contributed by atoms with Crippen LogP contribution in [0.1, 0.15) is 36.9 Å². The molecule has 1 aliphatic carbocycles. The van der Waals surface area contributed by atoms with E-state index >= 15 is 0 Å². The number of hydrogen-bond donors (Lipinski definition) is 1. The van der Waals surface area contributed by atoms with Gasteiger partial charge in [0.05, 0.1) is 19.0 Å². The van der Waals surface area contributed by atoms with Crippen molar-refractivity contribution in [3.8, 4) is 17.2 Å². The van der Waals surface area contributed by atoms with Crippen molar-refractivity contribution in [3.63, 3.8) is 0 Å². The van der Waals surface area contributed by atoms with Gasteiger partial charge in [0.1, 0.15) is 19.0 Å². The van der Waals surface area contributed by atoms with Gasteiger partial charge in [-0.3, -0.25) is 4.98 Å². The van der Waals surface area contributed by atoms with E-state index in [2.05, 4.69) is 22.4 Å². The van der Waals surface area contributed by atoms with E-state index < -0.39 is 0 Å². The van der Waals surface area contributed by atoms with E-state index in [1.807, 2.05) is 18.2 Å². The van der Waals surface area contributed by atoms with Crippen molar-refractivity contribution in [2.75, 3.05) is 20.3 Å². The van der Waals surface area contributed by atoms with Crippen molar-refractivity contribution in [1.29, 1.82) is 0 Å². The molecular weight excluding hydrogens is 316 g/mol. The molecule has 5 heteroatoms. The molecule has 0 atom stereocenters. The number of aromatic nitrogens is 1. The fourth-order valence-corrected chi connectivity index (χ4v) is 3.78. The maximum absolute atomic E-state index is 5.78. The molecule has 132 valence electrons. The largest absolute Gasteiger partial charge is 0.495 e. The predicted molar refractivity (Wildman–Crippen MR) is 95.2 cm³/mol. The minimum absolute atomic E-state index is 0.0164. The average Bonchev–Trinajstić information content (AvgIpc) is 3.16. The van der Waals surface area contributed by atoms with Crippen molar-refractivity contribution in [2.45, 2.75) is 37.8 Å². The van der Waals surface area contributed by atoms with Gasteiger partial charge in [0.2, 0.25) is 0 Å². The van der Waals surface area contributed by atoms with Gasteiger partial charge >= 0.3 is 0 Å². The van der Waals surface area contributed by atoms with E-state index in [0.717, 1.165) is 42.3 Å². The van der Waals surface area contributed by atoms with E-state index in [9.17, 15) is 0 Å². The molecule has 2 aromatic rings. The number of nitrogens with one attached hydrogen (secondary N) is 1. The Kier molecular flexibility index (Phi) is 4.49. The lowest BCUT2D eigenvalue weighted by atomic mass is 9.87. The number of rotatable bonds is 5. The highest BCUT2D eigenvalue weighted by molar-refractivity contribution is 5.46. The molecule has 0 unspecified atom stereocenters. The first kappa shape index (κ1) is 16.2. The van der Waals surface area contributed by atoms with E-state index in [4.69, 9.17) is 14.2 Å². The van der Waals surface area contributed by atoms with Crippen LogP contribution in [0.5, 0.6) is 17.2 Å². The maximum Gasteiger partial charge on any atom is 0.161 e. The standard InChI is InChI=1S/C20H24N2O3/c1-23-17-6-5-16(21-14-17)13-22-20(8-2-3-9-20)15-4-7-18-19(12-15)25-11-10-24-18/h4-7,12,14,22H,2-3,8-11,13H2,1H3. The van der Waals surface area contributed by atoms with Crippen molar-refractivity contribution in [1.82, 2.24) is 10.3 Å². The van der Waals surface area contributed by atoms with Gasteiger partial charge in [-0.1, -0.05) is 18.9 Å². The highest BCUT2D eigenvalue weighted by atomic mass is 16.6. The van der Waals surface area contributed by atoms with Gasteiger partial charge in [0.25, 0.3) is 0 Å². The van der Waals surface area contributed by atoms with Crippen molar-refractivity contribution >= 4 is 0 Å². The second-order valence-electron chi connectivity index (χ2n) is 6.69. The number of methoxy groups -OCH3 is 1. The Labute approximate surface area is 148 Å². The lowest BCUT2D eigenvalue weighted by Gasteiger charge is -2.32. The molecule has 1 aliphatic heterocycles. The molecule has 25 heavy (non-hydrogen) atoms. The van der Waals surface area contributed by atoms with Crippen LogP contribution in [-0.2, 0) is 12.1 Å². The molecule has 0 amide bonds. The fraction of sp³-hybridized carbons (Fsp3) is 0.450. The lowest BCUT2D eigenvalue weighted by molar-refractivity contribution is 0.170. The highest BCUT2D eigenvalue weighted by Crippen LogP contribution is 2.42. The number of fused-ring (bicyclic) bond motifs is 1. The molecule has 1 saturated carbocycles. The average molecular weight is 340 g/mol. The Balaban J connectivity index is 1.55. The predicted octanol–water partition coefficient (Wildman–Crippen LogP) is 3.42. The topological polar surface area (TPSA) is 52.6 Å². The number of nitrogens with zero attached hydrogens (tertiary/aromatic N) is 1. The molecular formula is C20H24N2O3. The van der Waals surface area contributed by atoms with Crippen LogP contribution in [-0.4, -0.2) is 25.3 Å². The van der Waals surface area contributed by atoms with Gasteiger partial charge in [-0.25, -0.2) is 0 Å². The summed E-state index contributed by atoms with van der Waals surface area (Å²) in [6.45, 7) is 1.98. The van der Waals surface area contributed by atoms with E-state index in [0.29, 0.717) is 13.2 Å². The minimum atomic E-state index is -0.0164. The SMILES string of the molecule is COc1ccc(CNC2(c3ccc4c(c3)OCCO4)CCCC2)nc1. The van der Waals surface area contributed by atoms with Gasteiger partial charge in [-0.2, -0.15) is 0 Å². The zero-order chi connectivity index (χ0) is 17.1. The van der Waals surface area contributed by atoms with Gasteiger partial charge in [0, 0.05) is 12.1 Å². The number of pyridine rings is 1. The van der Waals surface area contributed by atoms with Gasteiger partial charge in [0.15, 0.2) is 11.5 Å². The Morgan fingerprint density at radius 1 is 1.08 bits per heavy atom. The minimum Gasteiger partial charge on any atom is -0.495 e. The third-order valence-corrected chi connectivity index (χ3v) is 5.19. The normalized spacial score (nSPS) is 18.1. The summed E-state index contributed by atoms with van der Waals surface area (Å²) in [6.07, 6.45) is 6.49. The summed E-state index contributed by atoms with van der Waals surface area (Å²) in [4.78, 5) is 4.47. The quantitative estimate of drug-likeness (QED) is 0.904. The highest BCUT2D eigenvalue weighted by Gasteiger charge is 2.36. The smallest absolute Gasteiger partial charge is 0.161 e. The Bertz CT molecular complexity index is 724. The first-order valence-corrected chi connectivity index (χ1v) is 8.93. The number of benzene rings is 1. The third kappa shape index (κ3) is 3.29. The van der Waals surface area contributed by atoms with Crippen LogP contribution >= 0.6 is 0 Å². The summed E-state index contributed by atoms with van der Waals surface area (Å²) in [5.74, 6) is 2.49. The molecule has 0 bridgehead atoms. The van der Waals surface area contributed by atoms with Crippen LogP contribution in [0.2, 0.25) is 0 Å². The Morgan fingerprint density at radius 3 is 2.60 bits per heavy atom. The van der Waals surface area contributed by atoms with Crippen LogP contribution in [0, 0.1) is 0 Å². The molecule has 1 aromatic carbocycles. The zero-order valence-corrected chi connectivity index (χ0v) is 14.6. The molecule has 4 rings (SSSR count). The molecule has 0 radical (unpaired) electrons. The molecule has 0 spiro atoms. The second kappa shape index (κ2) is 6.92. The van der Waals surface area contributed by atoms with Crippen LogP contribution in [0.15, 0.2) is 36.5 Å². The summed E-state index contributed by atoms with van der Waals surface area (Å²) < 4.78 is 16.6. The van der Waals surface area contributed by atoms with E-state index in [1.54, 1.807) is 13.3 Å². The molecule has 1 N–H and O–H groups in total. The monoisotopic (exact) mass is 340 g/mol. The lowest BCUT2D eigenvalue weighted by Crippen LogP contribution is -2.39. The Hall–Kier alpha value is -2.27. The maximum atomic E-state index is 5.78. The van der Waals surface area contributed by atoms with Gasteiger partial charge in [-0.05, 0) is 42.7 Å². The van der Waals surface area contributed by atoms with Crippen LogP contribution < -0.4 is 19.5 Å². The molecule has 1 aromatic heterocycles. The van der Waals surface area contributed by atoms with Crippen molar-refractivity contribution in [3.05, 3.63) is 47.8 Å². The summed E-state index contributed by atoms with van der Waals surface area (Å²) in [7, 11) is 1.66. The number of hydrogen-bond acceptors (Lipinski definition) is 5. The second-order valence-corrected chi connectivity index (χ2v) is 6.69. The Morgan fingerprint density at radius 2 is 1.88 bits per heavy atom. The molecule has 5 nitrogen and oxygen atoms in total. The van der Waals surface area contributed by atoms with Crippen LogP contribution in [0.3, 0.4) is 0 Å². The fourth-order valence-electron chi connectivity index (χ4n) is 3.78. The number of ether oxygens (including phenoxy) is 3. The van der Waals surface area contributed by atoms with Gasteiger partial charge < -0.3 is 19.5 Å². The summed E-state index contributed by atoms with van der Waals surface area (Å²) in [6, 6.07) is 10.3. The van der Waals surface area contributed by atoms with E-state index in [-0.39, 0.29) is 5.54 Å². The van der Waals surface area contributed by atoms with Gasteiger partial charge in [-0.15, -0.1) is 0 Å². The summed E-state index contributed by atoms with van der Waals surface area (Å²) in [5, 5.41) is 3.77. The zero-order valence-electron chi connectivity index (χ0n) is 14.6. The molecule has 0 saturated heterocycles.